The van der Waals surface area contributed by atoms with E-state index in [9.17, 15) is 18.4 Å². The fourth-order valence-electron chi connectivity index (χ4n) is 2.26. The Labute approximate surface area is 149 Å². The van der Waals surface area contributed by atoms with E-state index in [2.05, 4.69) is 10.3 Å². The van der Waals surface area contributed by atoms with Crippen molar-refractivity contribution in [2.45, 2.75) is 20.4 Å². The standard InChI is InChI=1S/C16H13F2N3O2S2/c1-8-7-24-16(23)21(8)6-13(22)19-15-20-14(9(2)25-15)10-3-4-11(17)12(18)5-10/h3-5,7H,6H2,1-2H3,(H,19,20,22). The lowest BCUT2D eigenvalue weighted by Gasteiger charge is -2.04. The molecular formula is C16H13F2N3O2S2. The lowest BCUT2D eigenvalue weighted by atomic mass is 10.1. The van der Waals surface area contributed by atoms with Crippen LogP contribution in [0.15, 0.2) is 28.4 Å². The Bertz CT molecular complexity index is 1010. The molecule has 0 spiro atoms. The van der Waals surface area contributed by atoms with E-state index in [1.165, 1.54) is 22.0 Å². The predicted octanol–water partition coefficient (Wildman–Crippen LogP) is 3.57. The topological polar surface area (TPSA) is 64.0 Å². The van der Waals surface area contributed by atoms with Crippen LogP contribution < -0.4 is 10.2 Å². The van der Waals surface area contributed by atoms with Crippen molar-refractivity contribution in [1.82, 2.24) is 9.55 Å². The van der Waals surface area contributed by atoms with Crippen molar-refractivity contribution in [3.63, 3.8) is 0 Å². The molecule has 1 amide bonds. The minimum atomic E-state index is -0.956. The molecule has 1 N–H and O–H groups in total. The summed E-state index contributed by atoms with van der Waals surface area (Å²) in [4.78, 5) is 28.6. The Morgan fingerprint density at radius 2 is 2.04 bits per heavy atom. The average Bonchev–Trinajstić information content (AvgIpc) is 3.07. The smallest absolute Gasteiger partial charge is 0.300 e. The Kier molecular flexibility index (Phi) is 4.78. The van der Waals surface area contributed by atoms with Gasteiger partial charge in [-0.05, 0) is 32.0 Å². The van der Waals surface area contributed by atoms with E-state index in [0.29, 0.717) is 22.1 Å². The molecule has 0 fully saturated rings. The van der Waals surface area contributed by atoms with Crippen LogP contribution in [0.5, 0.6) is 0 Å². The zero-order chi connectivity index (χ0) is 18.1. The molecule has 0 atom stereocenters. The monoisotopic (exact) mass is 381 g/mol. The van der Waals surface area contributed by atoms with Crippen LogP contribution in [0.2, 0.25) is 0 Å². The normalized spacial score (nSPS) is 10.9. The summed E-state index contributed by atoms with van der Waals surface area (Å²) in [6.45, 7) is 3.42. The van der Waals surface area contributed by atoms with Crippen LogP contribution in [0.1, 0.15) is 10.6 Å². The van der Waals surface area contributed by atoms with Gasteiger partial charge in [-0.2, -0.15) is 0 Å². The Balaban J connectivity index is 1.79. The molecule has 0 unspecified atom stereocenters. The number of aromatic nitrogens is 2. The highest BCUT2D eigenvalue weighted by molar-refractivity contribution is 7.16. The number of thiazole rings is 2. The first-order valence-corrected chi connectivity index (χ1v) is 8.92. The quantitative estimate of drug-likeness (QED) is 0.752. The van der Waals surface area contributed by atoms with Gasteiger partial charge >= 0.3 is 4.87 Å². The number of aryl methyl sites for hydroxylation is 2. The molecule has 0 aliphatic heterocycles. The van der Waals surface area contributed by atoms with Gasteiger partial charge in [0, 0.05) is 21.5 Å². The van der Waals surface area contributed by atoms with Gasteiger partial charge in [0.25, 0.3) is 0 Å². The van der Waals surface area contributed by atoms with Crippen LogP contribution in [-0.2, 0) is 11.3 Å². The molecule has 0 saturated carbocycles. The van der Waals surface area contributed by atoms with Crippen LogP contribution in [0, 0.1) is 25.5 Å². The Morgan fingerprint density at radius 1 is 1.28 bits per heavy atom. The molecule has 2 aromatic heterocycles. The van der Waals surface area contributed by atoms with Crippen molar-refractivity contribution >= 4 is 33.7 Å². The molecule has 2 heterocycles. The van der Waals surface area contributed by atoms with E-state index in [0.717, 1.165) is 28.3 Å². The fraction of sp³-hybridized carbons (Fsp3) is 0.188. The number of amides is 1. The number of hydrogen-bond acceptors (Lipinski definition) is 5. The summed E-state index contributed by atoms with van der Waals surface area (Å²) in [5.74, 6) is -2.27. The van der Waals surface area contributed by atoms with Crippen molar-refractivity contribution in [2.75, 3.05) is 5.32 Å². The minimum Gasteiger partial charge on any atom is -0.300 e. The number of anilines is 1. The van der Waals surface area contributed by atoms with Crippen LogP contribution in [0.4, 0.5) is 13.9 Å². The number of nitrogens with zero attached hydrogens (tertiary/aromatic N) is 2. The van der Waals surface area contributed by atoms with Gasteiger partial charge < -0.3 is 5.32 Å². The second-order valence-corrected chi connectivity index (χ2v) is 7.35. The first kappa shape index (κ1) is 17.4. The van der Waals surface area contributed by atoms with Gasteiger partial charge in [0.1, 0.15) is 6.54 Å². The highest BCUT2D eigenvalue weighted by atomic mass is 32.1. The maximum absolute atomic E-state index is 13.4. The van der Waals surface area contributed by atoms with Gasteiger partial charge in [0.15, 0.2) is 16.8 Å². The molecule has 3 rings (SSSR count). The number of carbonyl (C=O) groups excluding carboxylic acids is 1. The van der Waals surface area contributed by atoms with Gasteiger partial charge in [0.05, 0.1) is 5.69 Å². The zero-order valence-corrected chi connectivity index (χ0v) is 14.9. The van der Waals surface area contributed by atoms with Gasteiger partial charge in [-0.15, -0.1) is 11.3 Å². The molecule has 5 nitrogen and oxygen atoms in total. The number of benzene rings is 1. The summed E-state index contributed by atoms with van der Waals surface area (Å²) < 4.78 is 27.8. The second-order valence-electron chi connectivity index (χ2n) is 5.33. The molecule has 0 saturated heterocycles. The van der Waals surface area contributed by atoms with E-state index < -0.39 is 11.6 Å². The van der Waals surface area contributed by atoms with E-state index >= 15 is 0 Å². The van der Waals surface area contributed by atoms with E-state index in [4.69, 9.17) is 0 Å². The number of rotatable bonds is 4. The van der Waals surface area contributed by atoms with Gasteiger partial charge in [-0.1, -0.05) is 11.3 Å². The average molecular weight is 381 g/mol. The van der Waals surface area contributed by atoms with Crippen LogP contribution in [0.25, 0.3) is 11.3 Å². The number of nitrogens with one attached hydrogen (secondary N) is 1. The maximum Gasteiger partial charge on any atom is 0.307 e. The molecule has 0 bridgehead atoms. The fourth-order valence-corrected chi connectivity index (χ4v) is 3.85. The highest BCUT2D eigenvalue weighted by Gasteiger charge is 2.15. The lowest BCUT2D eigenvalue weighted by molar-refractivity contribution is -0.116. The third kappa shape index (κ3) is 3.67. The highest BCUT2D eigenvalue weighted by Crippen LogP contribution is 2.31. The van der Waals surface area contributed by atoms with Crippen LogP contribution in [-0.4, -0.2) is 15.5 Å². The SMILES string of the molecule is Cc1sc(NC(=O)Cn2c(C)csc2=O)nc1-c1ccc(F)c(F)c1. The molecule has 25 heavy (non-hydrogen) atoms. The number of halogens is 2. The van der Waals surface area contributed by atoms with Gasteiger partial charge in [-0.3, -0.25) is 14.2 Å². The summed E-state index contributed by atoms with van der Waals surface area (Å²) in [6, 6.07) is 3.53. The Hall–Kier alpha value is -2.39. The third-order valence-electron chi connectivity index (χ3n) is 3.51. The molecule has 9 heteroatoms. The summed E-state index contributed by atoms with van der Waals surface area (Å²) in [5.41, 5.74) is 1.61. The molecule has 0 radical (unpaired) electrons. The molecule has 130 valence electrons. The molecule has 0 aliphatic rings. The van der Waals surface area contributed by atoms with Crippen molar-refractivity contribution in [3.05, 3.63) is 55.5 Å². The molecule has 0 aliphatic carbocycles. The minimum absolute atomic E-state index is 0.104. The number of carbonyl (C=O) groups is 1. The van der Waals surface area contributed by atoms with Crippen molar-refractivity contribution in [2.24, 2.45) is 0 Å². The molecule has 3 aromatic rings. The summed E-state index contributed by atoms with van der Waals surface area (Å²) in [6.07, 6.45) is 0. The number of hydrogen-bond donors (Lipinski definition) is 1. The summed E-state index contributed by atoms with van der Waals surface area (Å²) >= 11 is 2.26. The van der Waals surface area contributed by atoms with E-state index in [-0.39, 0.29) is 17.3 Å². The van der Waals surface area contributed by atoms with Crippen LogP contribution in [0.3, 0.4) is 0 Å². The van der Waals surface area contributed by atoms with Crippen LogP contribution >= 0.6 is 22.7 Å². The maximum atomic E-state index is 13.4. The Morgan fingerprint density at radius 3 is 2.68 bits per heavy atom. The van der Waals surface area contributed by atoms with Crippen molar-refractivity contribution < 1.29 is 13.6 Å². The largest absolute Gasteiger partial charge is 0.307 e. The predicted molar refractivity (Wildman–Crippen MR) is 94.1 cm³/mol. The molecule has 1 aromatic carbocycles. The summed E-state index contributed by atoms with van der Waals surface area (Å²) in [7, 11) is 0. The van der Waals surface area contributed by atoms with E-state index in [1.807, 2.05) is 0 Å². The van der Waals surface area contributed by atoms with Crippen molar-refractivity contribution in [1.29, 1.82) is 0 Å². The second kappa shape index (κ2) is 6.85. The first-order valence-electron chi connectivity index (χ1n) is 7.23. The van der Waals surface area contributed by atoms with Gasteiger partial charge in [0.2, 0.25) is 5.91 Å². The third-order valence-corrected chi connectivity index (χ3v) is 5.28. The molecular weight excluding hydrogens is 368 g/mol. The summed E-state index contributed by atoms with van der Waals surface area (Å²) in [5, 5.41) is 4.66. The first-order chi connectivity index (χ1) is 11.8. The lowest BCUT2D eigenvalue weighted by Crippen LogP contribution is -2.25. The van der Waals surface area contributed by atoms with Crippen molar-refractivity contribution in [3.8, 4) is 11.3 Å². The van der Waals surface area contributed by atoms with Gasteiger partial charge in [-0.25, -0.2) is 13.8 Å². The zero-order valence-electron chi connectivity index (χ0n) is 13.3. The van der Waals surface area contributed by atoms with E-state index in [1.54, 1.807) is 19.2 Å².